The van der Waals surface area contributed by atoms with Gasteiger partial charge in [0.05, 0.1) is 0 Å². The maximum Gasteiger partial charge on any atom is 0.339 e. The van der Waals surface area contributed by atoms with Gasteiger partial charge in [0.15, 0.2) is 6.17 Å². The molecule has 0 spiro atoms. The molecule has 0 aromatic heterocycles. The van der Waals surface area contributed by atoms with Gasteiger partial charge in [0, 0.05) is 39.3 Å². The Labute approximate surface area is 122 Å². The number of piperazine rings is 1. The zero-order chi connectivity index (χ0) is 14.6. The summed E-state index contributed by atoms with van der Waals surface area (Å²) < 4.78 is 5.66. The zero-order valence-electron chi connectivity index (χ0n) is 13.2. The molecule has 2 rings (SSSR count). The van der Waals surface area contributed by atoms with Crippen molar-refractivity contribution in [3.63, 3.8) is 0 Å². The minimum absolute atomic E-state index is 0.0821. The van der Waals surface area contributed by atoms with Gasteiger partial charge in [-0.05, 0) is 33.6 Å². The van der Waals surface area contributed by atoms with Gasteiger partial charge < -0.3 is 10.1 Å². The molecule has 0 unspecified atom stereocenters. The molecule has 1 atom stereocenters. The van der Waals surface area contributed by atoms with Gasteiger partial charge in [0.25, 0.3) is 0 Å². The first-order chi connectivity index (χ1) is 9.47. The number of carbonyl (C=O) groups is 1. The lowest BCUT2D eigenvalue weighted by molar-refractivity contribution is -0.171. The van der Waals surface area contributed by atoms with Crippen LogP contribution in [0, 0.1) is 0 Å². The van der Waals surface area contributed by atoms with Crippen LogP contribution in [0.2, 0.25) is 0 Å². The van der Waals surface area contributed by atoms with E-state index in [0.717, 1.165) is 39.3 Å². The van der Waals surface area contributed by atoms with Crippen molar-refractivity contribution in [2.24, 2.45) is 0 Å². The zero-order valence-corrected chi connectivity index (χ0v) is 13.2. The van der Waals surface area contributed by atoms with E-state index in [4.69, 9.17) is 4.74 Å². The molecule has 2 fully saturated rings. The van der Waals surface area contributed by atoms with Gasteiger partial charge >= 0.3 is 5.97 Å². The molecule has 116 valence electrons. The van der Waals surface area contributed by atoms with Gasteiger partial charge in [-0.1, -0.05) is 6.42 Å². The Balaban J connectivity index is 2.07. The molecule has 2 heterocycles. The summed E-state index contributed by atoms with van der Waals surface area (Å²) >= 11 is 0. The molecule has 0 bridgehead atoms. The predicted molar refractivity (Wildman–Crippen MR) is 79.5 cm³/mol. The minimum atomic E-state index is -0.418. The van der Waals surface area contributed by atoms with E-state index < -0.39 is 5.60 Å². The fourth-order valence-corrected chi connectivity index (χ4v) is 2.97. The highest BCUT2D eigenvalue weighted by Gasteiger charge is 2.36. The number of hydrogen-bond acceptors (Lipinski definition) is 5. The smallest absolute Gasteiger partial charge is 0.339 e. The summed E-state index contributed by atoms with van der Waals surface area (Å²) in [5, 5.41) is 3.35. The van der Waals surface area contributed by atoms with Crippen molar-refractivity contribution >= 4 is 5.97 Å². The third kappa shape index (κ3) is 4.43. The van der Waals surface area contributed by atoms with Crippen molar-refractivity contribution in [1.82, 2.24) is 15.1 Å². The molecule has 0 radical (unpaired) electrons. The molecule has 20 heavy (non-hydrogen) atoms. The highest BCUT2D eigenvalue weighted by molar-refractivity contribution is 5.75. The van der Waals surface area contributed by atoms with E-state index >= 15 is 0 Å². The van der Waals surface area contributed by atoms with Crippen LogP contribution in [0.25, 0.3) is 0 Å². The summed E-state index contributed by atoms with van der Waals surface area (Å²) in [5.41, 5.74) is -0.418. The van der Waals surface area contributed by atoms with Crippen molar-refractivity contribution in [2.75, 3.05) is 39.3 Å². The van der Waals surface area contributed by atoms with Gasteiger partial charge in [0.1, 0.15) is 5.60 Å². The quantitative estimate of drug-likeness (QED) is 0.784. The van der Waals surface area contributed by atoms with Gasteiger partial charge in [0.2, 0.25) is 0 Å². The number of likely N-dealkylation sites (tertiary alicyclic amines) is 1. The van der Waals surface area contributed by atoms with E-state index in [-0.39, 0.29) is 12.1 Å². The van der Waals surface area contributed by atoms with Crippen LogP contribution in [0.3, 0.4) is 0 Å². The van der Waals surface area contributed by atoms with E-state index in [1.165, 1.54) is 19.3 Å². The highest BCUT2D eigenvalue weighted by Crippen LogP contribution is 2.19. The van der Waals surface area contributed by atoms with Crippen molar-refractivity contribution in [2.45, 2.75) is 51.8 Å². The molecular weight excluding hydrogens is 254 g/mol. The Kier molecular flexibility index (Phi) is 5.41. The first-order valence-corrected chi connectivity index (χ1v) is 7.89. The molecule has 0 aromatic carbocycles. The van der Waals surface area contributed by atoms with Crippen LogP contribution in [-0.4, -0.2) is 66.8 Å². The van der Waals surface area contributed by atoms with Crippen LogP contribution in [0.1, 0.15) is 40.0 Å². The lowest BCUT2D eigenvalue weighted by Gasteiger charge is -2.42. The Bertz CT molecular complexity index is 298. The second-order valence-electron chi connectivity index (χ2n) is 6.79. The fraction of sp³-hybridized carbons (Fsp3) is 0.933. The Morgan fingerprint density at radius 1 is 1.00 bits per heavy atom. The summed E-state index contributed by atoms with van der Waals surface area (Å²) in [6.45, 7) is 11.6. The maximum absolute atomic E-state index is 12.6. The van der Waals surface area contributed by atoms with Crippen LogP contribution in [-0.2, 0) is 9.53 Å². The number of nitrogens with one attached hydrogen (secondary N) is 1. The average molecular weight is 283 g/mol. The molecular formula is C15H29N3O2. The summed E-state index contributed by atoms with van der Waals surface area (Å²) in [6.07, 6.45) is 3.45. The SMILES string of the molecule is CC(C)(C)OC(=O)[C@H](N1CCCCC1)N1CCNCC1. The minimum Gasteiger partial charge on any atom is -0.458 e. The third-order valence-corrected chi connectivity index (χ3v) is 3.85. The van der Waals surface area contributed by atoms with Crippen molar-refractivity contribution in [3.05, 3.63) is 0 Å². The van der Waals surface area contributed by atoms with E-state index in [0.29, 0.717) is 0 Å². The van der Waals surface area contributed by atoms with Gasteiger partial charge in [-0.3, -0.25) is 9.80 Å². The largest absolute Gasteiger partial charge is 0.458 e. The van der Waals surface area contributed by atoms with Crippen molar-refractivity contribution in [1.29, 1.82) is 0 Å². The van der Waals surface area contributed by atoms with Crippen LogP contribution in [0.15, 0.2) is 0 Å². The van der Waals surface area contributed by atoms with Gasteiger partial charge in [-0.25, -0.2) is 4.79 Å². The number of ether oxygens (including phenoxy) is 1. The number of carbonyl (C=O) groups excluding carboxylic acids is 1. The number of rotatable bonds is 3. The van der Waals surface area contributed by atoms with Crippen LogP contribution in [0.4, 0.5) is 0 Å². The Hall–Kier alpha value is -0.650. The topological polar surface area (TPSA) is 44.8 Å². The van der Waals surface area contributed by atoms with E-state index in [1.54, 1.807) is 0 Å². The molecule has 0 aromatic rings. The average Bonchev–Trinajstić information content (AvgIpc) is 2.39. The van der Waals surface area contributed by atoms with Crippen molar-refractivity contribution < 1.29 is 9.53 Å². The highest BCUT2D eigenvalue weighted by atomic mass is 16.6. The lowest BCUT2D eigenvalue weighted by Crippen LogP contribution is -2.60. The molecule has 0 aliphatic carbocycles. The van der Waals surface area contributed by atoms with Crippen LogP contribution < -0.4 is 5.32 Å². The Morgan fingerprint density at radius 2 is 1.55 bits per heavy atom. The number of hydrogen-bond donors (Lipinski definition) is 1. The number of piperidine rings is 1. The third-order valence-electron chi connectivity index (χ3n) is 3.85. The number of esters is 1. The summed E-state index contributed by atoms with van der Waals surface area (Å²) in [5.74, 6) is -0.0821. The number of nitrogens with zero attached hydrogens (tertiary/aromatic N) is 2. The van der Waals surface area contributed by atoms with Gasteiger partial charge in [-0.15, -0.1) is 0 Å². The van der Waals surface area contributed by atoms with Crippen LogP contribution in [0.5, 0.6) is 0 Å². The van der Waals surface area contributed by atoms with E-state index in [2.05, 4.69) is 15.1 Å². The van der Waals surface area contributed by atoms with E-state index in [1.807, 2.05) is 20.8 Å². The Morgan fingerprint density at radius 3 is 2.10 bits per heavy atom. The second kappa shape index (κ2) is 6.87. The first-order valence-electron chi connectivity index (χ1n) is 7.89. The summed E-state index contributed by atoms with van der Waals surface area (Å²) in [7, 11) is 0. The van der Waals surface area contributed by atoms with Gasteiger partial charge in [-0.2, -0.15) is 0 Å². The monoisotopic (exact) mass is 283 g/mol. The molecule has 5 heteroatoms. The molecule has 0 saturated carbocycles. The normalized spacial score (nSPS) is 24.4. The van der Waals surface area contributed by atoms with Crippen LogP contribution >= 0.6 is 0 Å². The molecule has 5 nitrogen and oxygen atoms in total. The predicted octanol–water partition coefficient (Wildman–Crippen LogP) is 1.05. The lowest BCUT2D eigenvalue weighted by atomic mass is 10.1. The molecule has 1 N–H and O–H groups in total. The first kappa shape index (κ1) is 15.7. The van der Waals surface area contributed by atoms with E-state index in [9.17, 15) is 4.79 Å². The second-order valence-corrected chi connectivity index (χ2v) is 6.79. The summed E-state index contributed by atoms with van der Waals surface area (Å²) in [6, 6.07) is 0. The summed E-state index contributed by atoms with van der Waals surface area (Å²) in [4.78, 5) is 17.2. The standard InChI is InChI=1S/C15H29N3O2/c1-15(2,3)20-14(19)13(17-9-5-4-6-10-17)18-11-7-16-8-12-18/h13,16H,4-12H2,1-3H3/t13-/m1/s1. The molecule has 2 aliphatic heterocycles. The molecule has 2 aliphatic rings. The molecule has 0 amide bonds. The maximum atomic E-state index is 12.6. The fourth-order valence-electron chi connectivity index (χ4n) is 2.97. The van der Waals surface area contributed by atoms with Crippen molar-refractivity contribution in [3.8, 4) is 0 Å². The molecule has 2 saturated heterocycles.